The molecule has 0 saturated carbocycles. The average Bonchev–Trinajstić information content (AvgIpc) is 2.88. The third kappa shape index (κ3) is 2.74. The Morgan fingerprint density at radius 1 is 0.650 bits per heavy atom. The predicted molar refractivity (Wildman–Crippen MR) is 84.8 cm³/mol. The van der Waals surface area contributed by atoms with Crippen molar-refractivity contribution < 1.29 is 0 Å². The van der Waals surface area contributed by atoms with Crippen molar-refractivity contribution >= 4 is 11.4 Å². The molecule has 0 unspecified atom stereocenters. The third-order valence-electron chi connectivity index (χ3n) is 3.49. The van der Waals surface area contributed by atoms with Crippen LogP contribution >= 0.6 is 0 Å². The van der Waals surface area contributed by atoms with Gasteiger partial charge in [-0.15, -0.1) is 0 Å². The maximum absolute atomic E-state index is 4.65. The smallest absolute Gasteiger partial charge is 0.0812 e. The van der Waals surface area contributed by atoms with Crippen LogP contribution in [0.15, 0.2) is 34.5 Å². The topological polar surface area (TPSA) is 34.6 Å². The van der Waals surface area contributed by atoms with E-state index in [0.29, 0.717) is 0 Å². The van der Waals surface area contributed by atoms with Crippen LogP contribution in [0.4, 0.5) is 0 Å². The van der Waals surface area contributed by atoms with E-state index >= 15 is 0 Å². The third-order valence-corrected chi connectivity index (χ3v) is 3.49. The van der Waals surface area contributed by atoms with Crippen LogP contribution in [0.5, 0.6) is 0 Å². The summed E-state index contributed by atoms with van der Waals surface area (Å²) in [6.07, 6.45) is 0. The van der Waals surface area contributed by atoms with Gasteiger partial charge in [0.05, 0.1) is 11.4 Å². The Labute approximate surface area is 120 Å². The van der Waals surface area contributed by atoms with Gasteiger partial charge in [0.15, 0.2) is 0 Å². The summed E-state index contributed by atoms with van der Waals surface area (Å²) in [4.78, 5) is 0. The van der Waals surface area contributed by atoms with E-state index in [1.165, 1.54) is 0 Å². The summed E-state index contributed by atoms with van der Waals surface area (Å²) in [5.41, 5.74) is 6.34. The quantitative estimate of drug-likeness (QED) is 0.763. The summed E-state index contributed by atoms with van der Waals surface area (Å²) in [6.45, 7) is 12.2. The number of rotatable bonds is 3. The van der Waals surface area contributed by atoms with Gasteiger partial charge in [0.2, 0.25) is 0 Å². The molecule has 0 atom stereocenters. The highest BCUT2D eigenvalue weighted by Crippen LogP contribution is 2.09. The second kappa shape index (κ2) is 5.49. The maximum atomic E-state index is 4.65. The van der Waals surface area contributed by atoms with Gasteiger partial charge in [0.1, 0.15) is 0 Å². The monoisotopic (exact) mass is 270 g/mol. The van der Waals surface area contributed by atoms with Gasteiger partial charge in [-0.05, 0) is 65.8 Å². The minimum atomic E-state index is 0.917. The number of nitrogens with zero attached hydrogens (tertiary/aromatic N) is 4. The fraction of sp³-hybridized carbons (Fsp3) is 0.375. The van der Waals surface area contributed by atoms with Gasteiger partial charge < -0.3 is 0 Å². The first-order valence-electron chi connectivity index (χ1n) is 6.81. The summed E-state index contributed by atoms with van der Waals surface area (Å²) in [5.74, 6) is 0. The van der Waals surface area contributed by atoms with Gasteiger partial charge in [-0.1, -0.05) is 0 Å². The van der Waals surface area contributed by atoms with Crippen molar-refractivity contribution in [3.8, 4) is 0 Å². The van der Waals surface area contributed by atoms with Crippen LogP contribution in [0.1, 0.15) is 36.6 Å². The number of hydrogen-bond acceptors (Lipinski definition) is 2. The molecule has 0 aliphatic rings. The van der Waals surface area contributed by atoms with Gasteiger partial charge in [-0.3, -0.25) is 0 Å². The number of hydrogen-bond donors (Lipinski definition) is 0. The van der Waals surface area contributed by atoms with Crippen LogP contribution in [0.25, 0.3) is 0 Å². The standard InChI is InChI=1S/C16H22N4/c1-11-7-8-12(2)19(11)17-15(5)16(6)18-20-13(3)9-10-14(20)4/h7-10H,1-6H3/b17-15+,18-16+. The lowest BCUT2D eigenvalue weighted by Gasteiger charge is -2.07. The van der Waals surface area contributed by atoms with Crippen molar-refractivity contribution in [1.29, 1.82) is 0 Å². The van der Waals surface area contributed by atoms with E-state index in [9.17, 15) is 0 Å². The first-order chi connectivity index (χ1) is 9.40. The molecule has 0 aromatic carbocycles. The Kier molecular flexibility index (Phi) is 3.93. The summed E-state index contributed by atoms with van der Waals surface area (Å²) >= 11 is 0. The Bertz CT molecular complexity index is 584. The van der Waals surface area contributed by atoms with Gasteiger partial charge in [-0.25, -0.2) is 9.35 Å². The highest BCUT2D eigenvalue weighted by atomic mass is 15.4. The molecule has 0 aliphatic heterocycles. The Balaban J connectivity index is 2.36. The van der Waals surface area contributed by atoms with Gasteiger partial charge >= 0.3 is 0 Å². The van der Waals surface area contributed by atoms with E-state index in [4.69, 9.17) is 0 Å². The molecule has 0 amide bonds. The van der Waals surface area contributed by atoms with Crippen molar-refractivity contribution in [3.63, 3.8) is 0 Å². The van der Waals surface area contributed by atoms with Crippen molar-refractivity contribution in [2.75, 3.05) is 0 Å². The van der Waals surface area contributed by atoms with E-state index in [1.54, 1.807) is 0 Å². The summed E-state index contributed by atoms with van der Waals surface area (Å²) in [5, 5.41) is 9.29. The molecular weight excluding hydrogens is 248 g/mol. The summed E-state index contributed by atoms with van der Waals surface area (Å²) in [7, 11) is 0. The fourth-order valence-corrected chi connectivity index (χ4v) is 2.08. The zero-order chi connectivity index (χ0) is 14.9. The minimum Gasteiger partial charge on any atom is -0.242 e. The van der Waals surface area contributed by atoms with Crippen LogP contribution in [-0.4, -0.2) is 20.8 Å². The molecule has 106 valence electrons. The lowest BCUT2D eigenvalue weighted by Crippen LogP contribution is -2.12. The van der Waals surface area contributed by atoms with Gasteiger partial charge in [-0.2, -0.15) is 10.2 Å². The maximum Gasteiger partial charge on any atom is 0.0812 e. The highest BCUT2D eigenvalue weighted by Gasteiger charge is 2.04. The zero-order valence-electron chi connectivity index (χ0n) is 13.1. The van der Waals surface area contributed by atoms with Gasteiger partial charge in [0.25, 0.3) is 0 Å². The zero-order valence-corrected chi connectivity index (χ0v) is 13.1. The molecular formula is C16H22N4. The first-order valence-corrected chi connectivity index (χ1v) is 6.81. The van der Waals surface area contributed by atoms with Crippen molar-refractivity contribution in [2.45, 2.75) is 41.5 Å². The molecule has 0 aliphatic carbocycles. The van der Waals surface area contributed by atoms with E-state index in [0.717, 1.165) is 34.2 Å². The molecule has 0 fully saturated rings. The van der Waals surface area contributed by atoms with Crippen LogP contribution in [0.3, 0.4) is 0 Å². The molecule has 0 saturated heterocycles. The predicted octanol–water partition coefficient (Wildman–Crippen LogP) is 3.67. The molecule has 2 rings (SSSR count). The number of aryl methyl sites for hydroxylation is 4. The second-order valence-corrected chi connectivity index (χ2v) is 5.23. The molecule has 4 heteroatoms. The Morgan fingerprint density at radius 2 is 0.900 bits per heavy atom. The van der Waals surface area contributed by atoms with Crippen molar-refractivity contribution in [2.24, 2.45) is 10.2 Å². The Morgan fingerprint density at radius 3 is 1.15 bits per heavy atom. The molecule has 0 bridgehead atoms. The van der Waals surface area contributed by atoms with Crippen LogP contribution in [-0.2, 0) is 0 Å². The first kappa shape index (κ1) is 14.3. The van der Waals surface area contributed by atoms with Crippen LogP contribution in [0, 0.1) is 27.7 Å². The van der Waals surface area contributed by atoms with Crippen LogP contribution in [0.2, 0.25) is 0 Å². The van der Waals surface area contributed by atoms with Crippen molar-refractivity contribution in [1.82, 2.24) is 9.35 Å². The summed E-state index contributed by atoms with van der Waals surface area (Å²) in [6, 6.07) is 8.27. The van der Waals surface area contributed by atoms with Gasteiger partial charge in [0, 0.05) is 22.8 Å². The van der Waals surface area contributed by atoms with Crippen molar-refractivity contribution in [3.05, 3.63) is 47.0 Å². The van der Waals surface area contributed by atoms with E-state index in [1.807, 2.05) is 23.2 Å². The largest absolute Gasteiger partial charge is 0.242 e. The number of aromatic nitrogens is 2. The second-order valence-electron chi connectivity index (χ2n) is 5.23. The van der Waals surface area contributed by atoms with Crippen LogP contribution < -0.4 is 0 Å². The lowest BCUT2D eigenvalue weighted by atomic mass is 10.3. The van der Waals surface area contributed by atoms with E-state index in [2.05, 4.69) is 62.2 Å². The Hall–Kier alpha value is -2.10. The average molecular weight is 270 g/mol. The molecule has 0 spiro atoms. The van der Waals surface area contributed by atoms with E-state index < -0.39 is 0 Å². The molecule has 0 radical (unpaired) electrons. The normalized spacial score (nSPS) is 13.1. The molecule has 20 heavy (non-hydrogen) atoms. The molecule has 4 nitrogen and oxygen atoms in total. The molecule has 2 heterocycles. The minimum absolute atomic E-state index is 0.917. The SMILES string of the molecule is CC(=N\n1c(C)ccc1C)/C(C)=N/n1c(C)ccc1C. The molecule has 2 aromatic rings. The summed E-state index contributed by atoms with van der Waals surface area (Å²) < 4.78 is 3.90. The highest BCUT2D eigenvalue weighted by molar-refractivity contribution is 6.40. The van der Waals surface area contributed by atoms with E-state index in [-0.39, 0.29) is 0 Å². The lowest BCUT2D eigenvalue weighted by molar-refractivity contribution is 0.805. The fourth-order valence-electron chi connectivity index (χ4n) is 2.08. The molecule has 2 aromatic heterocycles. The molecule has 0 N–H and O–H groups in total.